The van der Waals surface area contributed by atoms with E-state index in [0.717, 1.165) is 23.4 Å². The maximum atomic E-state index is 12.3. The molecule has 120 valence electrons. The van der Waals surface area contributed by atoms with Crippen LogP contribution in [0.4, 0.5) is 11.4 Å². The molecule has 3 rings (SSSR count). The lowest BCUT2D eigenvalue weighted by Gasteiger charge is -2.22. The van der Waals surface area contributed by atoms with Gasteiger partial charge in [-0.15, -0.1) is 0 Å². The maximum absolute atomic E-state index is 12.3. The molecule has 1 unspecified atom stereocenters. The molecule has 0 aromatic heterocycles. The van der Waals surface area contributed by atoms with Crippen LogP contribution in [-0.2, 0) is 11.2 Å². The summed E-state index contributed by atoms with van der Waals surface area (Å²) in [5.41, 5.74) is 3.82. The lowest BCUT2D eigenvalue weighted by Crippen LogP contribution is -2.28. The van der Waals surface area contributed by atoms with Gasteiger partial charge in [0, 0.05) is 21.8 Å². The van der Waals surface area contributed by atoms with E-state index in [1.165, 1.54) is 5.56 Å². The third-order valence-electron chi connectivity index (χ3n) is 4.09. The number of para-hydroxylation sites is 1. The van der Waals surface area contributed by atoms with Gasteiger partial charge < -0.3 is 10.6 Å². The van der Waals surface area contributed by atoms with Gasteiger partial charge in [-0.1, -0.05) is 50.6 Å². The van der Waals surface area contributed by atoms with Crippen molar-refractivity contribution in [1.29, 1.82) is 0 Å². The van der Waals surface area contributed by atoms with Crippen LogP contribution in [0.5, 0.6) is 0 Å². The van der Waals surface area contributed by atoms with E-state index in [2.05, 4.69) is 22.8 Å². The molecule has 0 aliphatic carbocycles. The Morgan fingerprint density at radius 2 is 1.96 bits per heavy atom. The summed E-state index contributed by atoms with van der Waals surface area (Å²) in [6, 6.07) is 14.0. The first-order valence-electron chi connectivity index (χ1n) is 7.80. The van der Waals surface area contributed by atoms with Crippen molar-refractivity contribution >= 4 is 28.9 Å². The molecule has 1 atom stereocenters. The summed E-state index contributed by atoms with van der Waals surface area (Å²) in [6.45, 7) is 5.71. The van der Waals surface area contributed by atoms with E-state index >= 15 is 0 Å². The minimum atomic E-state index is -0.441. The van der Waals surface area contributed by atoms with E-state index in [0.29, 0.717) is 5.02 Å². The number of anilines is 2. The quantitative estimate of drug-likeness (QED) is 0.811. The minimum absolute atomic E-state index is 0.00316. The first kappa shape index (κ1) is 15.9. The summed E-state index contributed by atoms with van der Waals surface area (Å²) in [5, 5.41) is 7.24. The Kier molecular flexibility index (Phi) is 4.07. The van der Waals surface area contributed by atoms with Crippen LogP contribution < -0.4 is 10.6 Å². The molecule has 0 spiro atoms. The molecule has 2 N–H and O–H groups in total. The van der Waals surface area contributed by atoms with Gasteiger partial charge in [0.25, 0.3) is 0 Å². The van der Waals surface area contributed by atoms with Crippen LogP contribution in [0.1, 0.15) is 37.9 Å². The molecule has 0 saturated carbocycles. The van der Waals surface area contributed by atoms with Crippen LogP contribution in [0.25, 0.3) is 0 Å². The van der Waals surface area contributed by atoms with Gasteiger partial charge in [0.15, 0.2) is 0 Å². The summed E-state index contributed by atoms with van der Waals surface area (Å²) < 4.78 is 0. The van der Waals surface area contributed by atoms with E-state index in [1.807, 2.05) is 51.1 Å². The second-order valence-electron chi connectivity index (χ2n) is 6.99. The Morgan fingerprint density at radius 1 is 1.22 bits per heavy atom. The van der Waals surface area contributed by atoms with E-state index < -0.39 is 5.41 Å². The molecule has 2 aromatic carbocycles. The number of nitrogens with one attached hydrogen (secondary N) is 2. The molecule has 4 heteroatoms. The Bertz CT molecular complexity index is 724. The third kappa shape index (κ3) is 3.35. The number of hydrogen-bond acceptors (Lipinski definition) is 2. The van der Waals surface area contributed by atoms with Gasteiger partial charge in [0.1, 0.15) is 0 Å². The fourth-order valence-corrected chi connectivity index (χ4v) is 2.91. The first-order chi connectivity index (χ1) is 10.8. The molecule has 2 aromatic rings. The normalized spacial score (nSPS) is 16.6. The number of benzene rings is 2. The van der Waals surface area contributed by atoms with E-state index in [1.54, 1.807) is 0 Å². The monoisotopic (exact) mass is 328 g/mol. The van der Waals surface area contributed by atoms with Crippen molar-refractivity contribution in [3.8, 4) is 0 Å². The van der Waals surface area contributed by atoms with Gasteiger partial charge in [-0.2, -0.15) is 0 Å². The van der Waals surface area contributed by atoms with Crippen molar-refractivity contribution in [2.75, 3.05) is 10.6 Å². The van der Waals surface area contributed by atoms with E-state index in [4.69, 9.17) is 11.6 Å². The summed E-state index contributed by atoms with van der Waals surface area (Å²) in [7, 11) is 0. The molecule has 0 bridgehead atoms. The summed E-state index contributed by atoms with van der Waals surface area (Å²) in [6.07, 6.45) is 0.884. The van der Waals surface area contributed by atoms with Crippen LogP contribution in [0.3, 0.4) is 0 Å². The van der Waals surface area contributed by atoms with Gasteiger partial charge in [0.2, 0.25) is 5.91 Å². The van der Waals surface area contributed by atoms with Crippen LogP contribution >= 0.6 is 11.6 Å². The van der Waals surface area contributed by atoms with Crippen molar-refractivity contribution < 1.29 is 4.79 Å². The number of rotatable bonds is 2. The molecule has 23 heavy (non-hydrogen) atoms. The molecular weight excluding hydrogens is 308 g/mol. The number of amides is 1. The van der Waals surface area contributed by atoms with Gasteiger partial charge in [-0.3, -0.25) is 4.79 Å². The highest BCUT2D eigenvalue weighted by atomic mass is 35.5. The molecular formula is C19H21ClN2O. The summed E-state index contributed by atoms with van der Waals surface area (Å²) >= 11 is 6.19. The standard InChI is InChI=1S/C19H21ClN2O/c1-19(2,3)18(23)22-16-9-8-13(20)11-14(16)17-10-12-6-4-5-7-15(12)21-17/h4-9,11,17,21H,10H2,1-3H3,(H,22,23). The second kappa shape index (κ2) is 5.89. The largest absolute Gasteiger partial charge is 0.378 e. The number of halogens is 1. The highest BCUT2D eigenvalue weighted by molar-refractivity contribution is 6.30. The molecule has 0 radical (unpaired) electrons. The van der Waals surface area contributed by atoms with Crippen molar-refractivity contribution in [2.45, 2.75) is 33.2 Å². The van der Waals surface area contributed by atoms with E-state index in [9.17, 15) is 4.79 Å². The van der Waals surface area contributed by atoms with Gasteiger partial charge in [0.05, 0.1) is 6.04 Å². The lowest BCUT2D eigenvalue weighted by atomic mass is 9.94. The van der Waals surface area contributed by atoms with Crippen LogP contribution in [-0.4, -0.2) is 5.91 Å². The second-order valence-corrected chi connectivity index (χ2v) is 7.43. The van der Waals surface area contributed by atoms with Crippen molar-refractivity contribution in [3.63, 3.8) is 0 Å². The molecule has 1 heterocycles. The molecule has 1 amide bonds. The third-order valence-corrected chi connectivity index (χ3v) is 4.32. The highest BCUT2D eigenvalue weighted by Gasteiger charge is 2.27. The van der Waals surface area contributed by atoms with Gasteiger partial charge in [-0.25, -0.2) is 0 Å². The van der Waals surface area contributed by atoms with Gasteiger partial charge in [-0.05, 0) is 41.8 Å². The zero-order valence-corrected chi connectivity index (χ0v) is 14.4. The number of carbonyl (C=O) groups is 1. The Hall–Kier alpha value is -2.00. The van der Waals surface area contributed by atoms with Crippen LogP contribution in [0.2, 0.25) is 5.02 Å². The van der Waals surface area contributed by atoms with Crippen LogP contribution in [0, 0.1) is 5.41 Å². The number of carbonyl (C=O) groups excluding carboxylic acids is 1. The zero-order valence-electron chi connectivity index (χ0n) is 13.6. The topological polar surface area (TPSA) is 41.1 Å². The van der Waals surface area contributed by atoms with Crippen molar-refractivity contribution in [2.24, 2.45) is 5.41 Å². The summed E-state index contributed by atoms with van der Waals surface area (Å²) in [4.78, 5) is 12.3. The first-order valence-corrected chi connectivity index (χ1v) is 8.18. The zero-order chi connectivity index (χ0) is 16.6. The van der Waals surface area contributed by atoms with E-state index in [-0.39, 0.29) is 11.9 Å². The summed E-state index contributed by atoms with van der Waals surface area (Å²) in [5.74, 6) is -0.00316. The van der Waals surface area contributed by atoms with Gasteiger partial charge >= 0.3 is 0 Å². The van der Waals surface area contributed by atoms with Crippen molar-refractivity contribution in [3.05, 3.63) is 58.6 Å². The highest BCUT2D eigenvalue weighted by Crippen LogP contribution is 2.38. The average molecular weight is 329 g/mol. The maximum Gasteiger partial charge on any atom is 0.229 e. The fraction of sp³-hybridized carbons (Fsp3) is 0.316. The minimum Gasteiger partial charge on any atom is -0.378 e. The Morgan fingerprint density at radius 3 is 2.65 bits per heavy atom. The molecule has 1 aliphatic heterocycles. The van der Waals surface area contributed by atoms with Crippen LogP contribution in [0.15, 0.2) is 42.5 Å². The SMILES string of the molecule is CC(C)(C)C(=O)Nc1ccc(Cl)cc1C1Cc2ccccc2N1. The average Bonchev–Trinajstić information content (AvgIpc) is 2.91. The lowest BCUT2D eigenvalue weighted by molar-refractivity contribution is -0.123. The smallest absolute Gasteiger partial charge is 0.229 e. The molecule has 0 saturated heterocycles. The predicted molar refractivity (Wildman–Crippen MR) is 96.0 cm³/mol. The molecule has 0 fully saturated rings. The number of fused-ring (bicyclic) bond motifs is 1. The fourth-order valence-electron chi connectivity index (χ4n) is 2.73. The Labute approximate surface area is 142 Å². The predicted octanol–water partition coefficient (Wildman–Crippen LogP) is 5.03. The Balaban J connectivity index is 1.91. The molecule has 3 nitrogen and oxygen atoms in total. The number of hydrogen-bond donors (Lipinski definition) is 2. The molecule has 1 aliphatic rings. The van der Waals surface area contributed by atoms with Crippen molar-refractivity contribution in [1.82, 2.24) is 0 Å².